The van der Waals surface area contributed by atoms with Gasteiger partial charge in [-0.2, -0.15) is 0 Å². The van der Waals surface area contributed by atoms with Gasteiger partial charge in [0.15, 0.2) is 0 Å². The Balaban J connectivity index is 2.11. The van der Waals surface area contributed by atoms with Crippen LogP contribution >= 0.6 is 0 Å². The van der Waals surface area contributed by atoms with Gasteiger partial charge in [-0.3, -0.25) is 0 Å². The van der Waals surface area contributed by atoms with E-state index < -0.39 is 5.60 Å². The van der Waals surface area contributed by atoms with Crippen LogP contribution in [0.5, 0.6) is 0 Å². The number of carbonyl (C=O) groups excluding carboxylic acids is 1. The number of anilines is 1. The second kappa shape index (κ2) is 7.53. The zero-order chi connectivity index (χ0) is 16.9. The molecule has 2 unspecified atom stereocenters. The molecule has 4 nitrogen and oxygen atoms in total. The van der Waals surface area contributed by atoms with Crippen molar-refractivity contribution in [2.24, 2.45) is 0 Å². The van der Waals surface area contributed by atoms with E-state index in [2.05, 4.69) is 28.9 Å². The zero-order valence-corrected chi connectivity index (χ0v) is 14.4. The highest BCUT2D eigenvalue weighted by Crippen LogP contribution is 2.27. The van der Waals surface area contributed by atoms with Gasteiger partial charge in [-0.1, -0.05) is 24.3 Å². The lowest BCUT2D eigenvalue weighted by Gasteiger charge is -2.41. The summed E-state index contributed by atoms with van der Waals surface area (Å²) < 4.78 is 5.39. The minimum absolute atomic E-state index is 0.134. The van der Waals surface area contributed by atoms with Crippen LogP contribution in [-0.2, 0) is 4.74 Å². The summed E-state index contributed by atoms with van der Waals surface area (Å²) in [6.07, 6.45) is 4.79. The van der Waals surface area contributed by atoms with Crippen LogP contribution in [0.2, 0.25) is 0 Å². The number of rotatable bonds is 4. The van der Waals surface area contributed by atoms with E-state index in [4.69, 9.17) is 4.74 Å². The van der Waals surface area contributed by atoms with Crippen molar-refractivity contribution in [2.75, 3.05) is 11.4 Å². The van der Waals surface area contributed by atoms with Crippen LogP contribution in [0.3, 0.4) is 0 Å². The Morgan fingerprint density at radius 2 is 2.04 bits per heavy atom. The standard InChI is InChI=1S/C19H28N2O2/c1-5-16(20-18(22)23-19(2,3)4)17-13-9-10-14-21(17)15-11-7-6-8-12-15/h5-8,11-12,16-17H,1,9-10,13-14H2,2-4H3,(H,20,22). The maximum atomic E-state index is 12.1. The van der Waals surface area contributed by atoms with E-state index in [0.29, 0.717) is 0 Å². The van der Waals surface area contributed by atoms with Crippen molar-refractivity contribution in [1.29, 1.82) is 0 Å². The Morgan fingerprint density at radius 3 is 2.65 bits per heavy atom. The summed E-state index contributed by atoms with van der Waals surface area (Å²) in [5.74, 6) is 0. The summed E-state index contributed by atoms with van der Waals surface area (Å²) in [4.78, 5) is 14.5. The summed E-state index contributed by atoms with van der Waals surface area (Å²) in [7, 11) is 0. The molecule has 1 aliphatic heterocycles. The van der Waals surface area contributed by atoms with Crippen molar-refractivity contribution in [3.63, 3.8) is 0 Å². The first-order valence-electron chi connectivity index (χ1n) is 8.34. The smallest absolute Gasteiger partial charge is 0.408 e. The molecule has 0 spiro atoms. The van der Waals surface area contributed by atoms with Crippen LogP contribution in [0.1, 0.15) is 40.0 Å². The molecule has 0 aromatic heterocycles. The van der Waals surface area contributed by atoms with Gasteiger partial charge < -0.3 is 15.0 Å². The quantitative estimate of drug-likeness (QED) is 0.849. The van der Waals surface area contributed by atoms with Crippen molar-refractivity contribution in [3.8, 4) is 0 Å². The molecule has 4 heteroatoms. The molecule has 0 aliphatic carbocycles. The summed E-state index contributed by atoms with van der Waals surface area (Å²) in [5.41, 5.74) is 0.691. The van der Waals surface area contributed by atoms with Crippen LogP contribution in [0.15, 0.2) is 43.0 Å². The maximum Gasteiger partial charge on any atom is 0.408 e. The lowest BCUT2D eigenvalue weighted by Crippen LogP contribution is -2.53. The number of nitrogens with one attached hydrogen (secondary N) is 1. The van der Waals surface area contributed by atoms with Gasteiger partial charge in [0.2, 0.25) is 0 Å². The molecule has 0 saturated carbocycles. The fraction of sp³-hybridized carbons (Fsp3) is 0.526. The fourth-order valence-corrected chi connectivity index (χ4v) is 3.03. The number of ether oxygens (including phenoxy) is 1. The number of alkyl carbamates (subject to hydrolysis) is 1. The van der Waals surface area contributed by atoms with E-state index in [1.807, 2.05) is 45.0 Å². The summed E-state index contributed by atoms with van der Waals surface area (Å²) in [5, 5.41) is 2.97. The highest BCUT2D eigenvalue weighted by atomic mass is 16.6. The molecule has 1 fully saturated rings. The Kier molecular flexibility index (Phi) is 5.69. The molecule has 1 aliphatic rings. The van der Waals surface area contributed by atoms with E-state index in [9.17, 15) is 4.79 Å². The molecule has 1 amide bonds. The number of para-hydroxylation sites is 1. The van der Waals surface area contributed by atoms with Gasteiger partial charge in [0, 0.05) is 12.2 Å². The SMILES string of the molecule is C=CC(NC(=O)OC(C)(C)C)C1CCCCN1c1ccccc1. The van der Waals surface area contributed by atoms with Gasteiger partial charge in [0.05, 0.1) is 12.1 Å². The van der Waals surface area contributed by atoms with Crippen LogP contribution in [0, 0.1) is 0 Å². The van der Waals surface area contributed by atoms with Crippen molar-refractivity contribution in [3.05, 3.63) is 43.0 Å². The lowest BCUT2D eigenvalue weighted by atomic mass is 9.94. The van der Waals surface area contributed by atoms with Crippen molar-refractivity contribution >= 4 is 11.8 Å². The summed E-state index contributed by atoms with van der Waals surface area (Å²) in [6, 6.07) is 10.4. The van der Waals surface area contributed by atoms with Crippen LogP contribution in [-0.4, -0.2) is 30.3 Å². The van der Waals surface area contributed by atoms with Gasteiger partial charge in [-0.05, 0) is 52.2 Å². The third kappa shape index (κ3) is 5.02. The van der Waals surface area contributed by atoms with Crippen LogP contribution < -0.4 is 10.2 Å². The Hall–Kier alpha value is -1.97. The molecule has 1 aromatic rings. The summed E-state index contributed by atoms with van der Waals surface area (Å²) in [6.45, 7) is 10.5. The molecule has 0 radical (unpaired) electrons. The topological polar surface area (TPSA) is 41.6 Å². The molecule has 2 rings (SSSR count). The molecule has 2 atom stereocenters. The van der Waals surface area contributed by atoms with Gasteiger partial charge in [-0.15, -0.1) is 6.58 Å². The second-order valence-electron chi connectivity index (χ2n) is 7.00. The normalized spacial score (nSPS) is 19.8. The third-order valence-electron chi connectivity index (χ3n) is 3.99. The predicted octanol–water partition coefficient (Wildman–Crippen LogP) is 4.12. The third-order valence-corrected chi connectivity index (χ3v) is 3.99. The highest BCUT2D eigenvalue weighted by molar-refractivity contribution is 5.68. The number of nitrogens with zero attached hydrogens (tertiary/aromatic N) is 1. The number of benzene rings is 1. The number of hydrogen-bond donors (Lipinski definition) is 1. The predicted molar refractivity (Wildman–Crippen MR) is 94.8 cm³/mol. The number of amides is 1. The minimum Gasteiger partial charge on any atom is -0.444 e. The average Bonchev–Trinajstić information content (AvgIpc) is 2.52. The average molecular weight is 316 g/mol. The van der Waals surface area contributed by atoms with Crippen molar-refractivity contribution < 1.29 is 9.53 Å². The Bertz CT molecular complexity index is 522. The monoisotopic (exact) mass is 316 g/mol. The highest BCUT2D eigenvalue weighted by Gasteiger charge is 2.30. The van der Waals surface area contributed by atoms with E-state index in [0.717, 1.165) is 19.4 Å². The first-order chi connectivity index (χ1) is 10.9. The van der Waals surface area contributed by atoms with E-state index in [1.54, 1.807) is 0 Å². The van der Waals surface area contributed by atoms with Crippen molar-refractivity contribution in [2.45, 2.75) is 57.7 Å². The minimum atomic E-state index is -0.499. The first kappa shape index (κ1) is 17.4. The van der Waals surface area contributed by atoms with E-state index in [1.165, 1.54) is 12.1 Å². The number of piperidine rings is 1. The number of hydrogen-bond acceptors (Lipinski definition) is 3. The van der Waals surface area contributed by atoms with E-state index in [-0.39, 0.29) is 18.2 Å². The Morgan fingerprint density at radius 1 is 1.35 bits per heavy atom. The fourth-order valence-electron chi connectivity index (χ4n) is 3.03. The number of carbonyl (C=O) groups is 1. The molecule has 1 aromatic carbocycles. The largest absolute Gasteiger partial charge is 0.444 e. The molecule has 23 heavy (non-hydrogen) atoms. The summed E-state index contributed by atoms with van der Waals surface area (Å²) >= 11 is 0. The molecule has 1 saturated heterocycles. The second-order valence-corrected chi connectivity index (χ2v) is 7.00. The molecular formula is C19H28N2O2. The van der Waals surface area contributed by atoms with E-state index >= 15 is 0 Å². The van der Waals surface area contributed by atoms with Crippen LogP contribution in [0.25, 0.3) is 0 Å². The van der Waals surface area contributed by atoms with Gasteiger partial charge >= 0.3 is 6.09 Å². The molecule has 126 valence electrons. The zero-order valence-electron chi connectivity index (χ0n) is 14.4. The molecular weight excluding hydrogens is 288 g/mol. The molecule has 1 heterocycles. The van der Waals surface area contributed by atoms with Crippen LogP contribution in [0.4, 0.5) is 10.5 Å². The van der Waals surface area contributed by atoms with Gasteiger partial charge in [0.1, 0.15) is 5.60 Å². The van der Waals surface area contributed by atoms with Gasteiger partial charge in [-0.25, -0.2) is 4.79 Å². The lowest BCUT2D eigenvalue weighted by molar-refractivity contribution is 0.0506. The molecule has 0 bridgehead atoms. The van der Waals surface area contributed by atoms with Gasteiger partial charge in [0.25, 0.3) is 0 Å². The first-order valence-corrected chi connectivity index (χ1v) is 8.34. The van der Waals surface area contributed by atoms with Crippen molar-refractivity contribution in [1.82, 2.24) is 5.32 Å². The molecule has 1 N–H and O–H groups in total. The Labute approximate surface area is 139 Å². The maximum absolute atomic E-state index is 12.1.